The lowest BCUT2D eigenvalue weighted by Crippen LogP contribution is -2.08. The molecule has 0 spiro atoms. The molecular formula is C15H18O4. The number of ether oxygens (including phenoxy) is 2. The summed E-state index contributed by atoms with van der Waals surface area (Å²) in [6.45, 7) is 4.07. The minimum atomic E-state index is -0.774. The number of carboxylic acid groups (broad SMARTS) is 1. The Bertz CT molecular complexity index is 499. The smallest absolute Gasteiger partial charge is 0.303 e. The summed E-state index contributed by atoms with van der Waals surface area (Å²) >= 11 is 0. The molecule has 0 bridgehead atoms. The van der Waals surface area contributed by atoms with Crippen molar-refractivity contribution in [3.8, 4) is 11.5 Å². The number of hydrogen-bond donors (Lipinski definition) is 1. The molecule has 0 saturated carbocycles. The molecule has 4 heteroatoms. The van der Waals surface area contributed by atoms with Crippen molar-refractivity contribution in [3.63, 3.8) is 0 Å². The van der Waals surface area contributed by atoms with Crippen LogP contribution in [-0.4, -0.2) is 23.3 Å². The molecule has 0 aromatic heterocycles. The number of carbonyl (C=O) groups is 1. The van der Waals surface area contributed by atoms with Crippen LogP contribution in [0.15, 0.2) is 6.07 Å². The van der Waals surface area contributed by atoms with Gasteiger partial charge in [-0.2, -0.15) is 0 Å². The zero-order chi connectivity index (χ0) is 13.6. The summed E-state index contributed by atoms with van der Waals surface area (Å²) in [6.07, 6.45) is 2.70. The van der Waals surface area contributed by atoms with Gasteiger partial charge in [0.25, 0.3) is 0 Å². The van der Waals surface area contributed by atoms with Crippen LogP contribution in [0.1, 0.15) is 37.0 Å². The van der Waals surface area contributed by atoms with Crippen molar-refractivity contribution in [2.45, 2.75) is 51.7 Å². The molecule has 2 aliphatic heterocycles. The fraction of sp³-hybridized carbons (Fsp3) is 0.533. The average Bonchev–Trinajstić information content (AvgIpc) is 2.84. The monoisotopic (exact) mass is 262 g/mol. The second-order valence-electron chi connectivity index (χ2n) is 5.48. The Morgan fingerprint density at radius 1 is 1.32 bits per heavy atom. The molecule has 0 radical (unpaired) electrons. The third-order valence-corrected chi connectivity index (χ3v) is 3.77. The first-order valence-electron chi connectivity index (χ1n) is 6.77. The molecule has 0 aliphatic carbocycles. The van der Waals surface area contributed by atoms with Gasteiger partial charge in [-0.25, -0.2) is 0 Å². The molecule has 0 amide bonds. The molecule has 1 aromatic carbocycles. The van der Waals surface area contributed by atoms with E-state index in [0.29, 0.717) is 6.42 Å². The number of hydrogen-bond acceptors (Lipinski definition) is 3. The minimum absolute atomic E-state index is 0.134. The van der Waals surface area contributed by atoms with E-state index in [1.807, 2.05) is 13.8 Å². The molecule has 0 saturated heterocycles. The summed E-state index contributed by atoms with van der Waals surface area (Å²) in [5.74, 6) is 1.05. The predicted octanol–water partition coefficient (Wildman–Crippen LogP) is 2.35. The van der Waals surface area contributed by atoms with Crippen LogP contribution in [0.3, 0.4) is 0 Å². The first-order valence-corrected chi connectivity index (χ1v) is 6.77. The van der Waals surface area contributed by atoms with E-state index in [4.69, 9.17) is 14.6 Å². The van der Waals surface area contributed by atoms with Crippen molar-refractivity contribution in [1.82, 2.24) is 0 Å². The highest BCUT2D eigenvalue weighted by molar-refractivity contribution is 5.68. The van der Waals surface area contributed by atoms with E-state index in [9.17, 15) is 4.79 Å². The fourth-order valence-corrected chi connectivity index (χ4v) is 3.01. The van der Waals surface area contributed by atoms with Crippen LogP contribution in [0, 0.1) is 0 Å². The summed E-state index contributed by atoms with van der Waals surface area (Å²) in [7, 11) is 0. The molecule has 102 valence electrons. The molecule has 2 atom stereocenters. The van der Waals surface area contributed by atoms with Gasteiger partial charge in [0.2, 0.25) is 0 Å². The molecular weight excluding hydrogens is 244 g/mol. The predicted molar refractivity (Wildman–Crippen MR) is 70.0 cm³/mol. The van der Waals surface area contributed by atoms with Crippen LogP contribution < -0.4 is 9.47 Å². The van der Waals surface area contributed by atoms with Gasteiger partial charge in [0, 0.05) is 36.0 Å². The van der Waals surface area contributed by atoms with Crippen LogP contribution in [0.4, 0.5) is 0 Å². The van der Waals surface area contributed by atoms with E-state index in [0.717, 1.165) is 41.0 Å². The third kappa shape index (κ3) is 2.15. The van der Waals surface area contributed by atoms with Crippen LogP contribution in [0.2, 0.25) is 0 Å². The average molecular weight is 262 g/mol. The highest BCUT2D eigenvalue weighted by Gasteiger charge is 2.31. The first kappa shape index (κ1) is 12.3. The standard InChI is InChI=1S/C15H18O4/c1-8-5-10-7-13-12(6-9(2)18-13)11(15(10)19-8)3-4-14(16)17/h7-9H,3-6H2,1-2H3,(H,16,17). The van der Waals surface area contributed by atoms with Crippen LogP contribution in [0.25, 0.3) is 0 Å². The molecule has 3 rings (SSSR count). The number of aliphatic carboxylic acids is 1. The van der Waals surface area contributed by atoms with Crippen molar-refractivity contribution < 1.29 is 19.4 Å². The van der Waals surface area contributed by atoms with Crippen molar-refractivity contribution >= 4 is 5.97 Å². The Kier molecular flexibility index (Phi) is 2.88. The molecule has 2 aliphatic rings. The Morgan fingerprint density at radius 3 is 2.79 bits per heavy atom. The van der Waals surface area contributed by atoms with Gasteiger partial charge in [-0.05, 0) is 26.3 Å². The second-order valence-corrected chi connectivity index (χ2v) is 5.48. The third-order valence-electron chi connectivity index (χ3n) is 3.77. The quantitative estimate of drug-likeness (QED) is 0.908. The van der Waals surface area contributed by atoms with Crippen molar-refractivity contribution in [1.29, 1.82) is 0 Å². The largest absolute Gasteiger partial charge is 0.490 e. The molecule has 2 heterocycles. The molecule has 0 fully saturated rings. The van der Waals surface area contributed by atoms with Gasteiger partial charge in [-0.1, -0.05) is 0 Å². The Hall–Kier alpha value is -1.71. The van der Waals surface area contributed by atoms with Gasteiger partial charge in [-0.3, -0.25) is 4.79 Å². The van der Waals surface area contributed by atoms with Crippen molar-refractivity contribution in [3.05, 3.63) is 22.8 Å². The van der Waals surface area contributed by atoms with Gasteiger partial charge in [0.05, 0.1) is 0 Å². The van der Waals surface area contributed by atoms with Crippen LogP contribution >= 0.6 is 0 Å². The molecule has 1 N–H and O–H groups in total. The van der Waals surface area contributed by atoms with E-state index in [1.54, 1.807) is 0 Å². The molecule has 19 heavy (non-hydrogen) atoms. The maximum Gasteiger partial charge on any atom is 0.303 e. The fourth-order valence-electron chi connectivity index (χ4n) is 3.01. The van der Waals surface area contributed by atoms with Crippen LogP contribution in [-0.2, 0) is 24.1 Å². The normalized spacial score (nSPS) is 23.5. The lowest BCUT2D eigenvalue weighted by atomic mass is 9.95. The number of carboxylic acids is 1. The van der Waals surface area contributed by atoms with Crippen LogP contribution in [0.5, 0.6) is 11.5 Å². The zero-order valence-corrected chi connectivity index (χ0v) is 11.2. The summed E-state index contributed by atoms with van der Waals surface area (Å²) in [6, 6.07) is 2.07. The van der Waals surface area contributed by atoms with E-state index in [2.05, 4.69) is 6.07 Å². The van der Waals surface area contributed by atoms with E-state index in [1.165, 1.54) is 0 Å². The number of fused-ring (bicyclic) bond motifs is 2. The summed E-state index contributed by atoms with van der Waals surface area (Å²) in [4.78, 5) is 10.8. The van der Waals surface area contributed by atoms with Gasteiger partial charge in [-0.15, -0.1) is 0 Å². The highest BCUT2D eigenvalue weighted by atomic mass is 16.5. The number of benzene rings is 1. The zero-order valence-electron chi connectivity index (χ0n) is 11.2. The first-order chi connectivity index (χ1) is 9.04. The Balaban J connectivity index is 2.02. The summed E-state index contributed by atoms with van der Waals surface area (Å²) < 4.78 is 11.7. The molecule has 2 unspecified atom stereocenters. The van der Waals surface area contributed by atoms with Gasteiger partial charge in [0.15, 0.2) is 0 Å². The summed E-state index contributed by atoms with van der Waals surface area (Å²) in [5.41, 5.74) is 3.34. The van der Waals surface area contributed by atoms with Gasteiger partial charge < -0.3 is 14.6 Å². The van der Waals surface area contributed by atoms with Gasteiger partial charge >= 0.3 is 5.97 Å². The molecule has 1 aromatic rings. The van der Waals surface area contributed by atoms with Crippen molar-refractivity contribution in [2.24, 2.45) is 0 Å². The maximum absolute atomic E-state index is 10.8. The van der Waals surface area contributed by atoms with Gasteiger partial charge in [0.1, 0.15) is 23.7 Å². The summed E-state index contributed by atoms with van der Waals surface area (Å²) in [5, 5.41) is 8.90. The Labute approximate surface area is 112 Å². The Morgan fingerprint density at radius 2 is 2.05 bits per heavy atom. The topological polar surface area (TPSA) is 55.8 Å². The van der Waals surface area contributed by atoms with E-state index in [-0.39, 0.29) is 18.6 Å². The van der Waals surface area contributed by atoms with E-state index < -0.39 is 5.97 Å². The maximum atomic E-state index is 10.8. The highest BCUT2D eigenvalue weighted by Crippen LogP contribution is 2.43. The molecule has 4 nitrogen and oxygen atoms in total. The number of rotatable bonds is 3. The lowest BCUT2D eigenvalue weighted by Gasteiger charge is -2.12. The van der Waals surface area contributed by atoms with Crippen molar-refractivity contribution in [2.75, 3.05) is 0 Å². The minimum Gasteiger partial charge on any atom is -0.490 e. The SMILES string of the molecule is CC1Cc2c(cc3c(c2CCC(=O)O)OC(C)C3)O1. The lowest BCUT2D eigenvalue weighted by molar-refractivity contribution is -0.136. The van der Waals surface area contributed by atoms with E-state index >= 15 is 0 Å². The second kappa shape index (κ2) is 4.44.